The average Bonchev–Trinajstić information content (AvgIpc) is 3.42. The molecule has 178 valence electrons. The van der Waals surface area contributed by atoms with Crippen molar-refractivity contribution in [3.8, 4) is 5.75 Å². The number of benzene rings is 2. The van der Waals surface area contributed by atoms with Gasteiger partial charge in [-0.15, -0.1) is 11.3 Å². The number of hydrogen-bond acceptors (Lipinski definition) is 8. The molecule has 0 bridgehead atoms. The second-order valence-corrected chi connectivity index (χ2v) is 9.84. The van der Waals surface area contributed by atoms with Crippen LogP contribution in [0, 0.1) is 6.92 Å². The molecule has 2 heterocycles. The Morgan fingerprint density at radius 1 is 1.18 bits per heavy atom. The number of nitrogens with zero attached hydrogens (tertiary/aromatic N) is 2. The molecule has 34 heavy (non-hydrogen) atoms. The van der Waals surface area contributed by atoms with Crippen LogP contribution in [0.15, 0.2) is 64.5 Å². The number of aryl methyl sites for hydroxylation is 1. The highest BCUT2D eigenvalue weighted by molar-refractivity contribution is 7.87. The molecule has 0 fully saturated rings. The van der Waals surface area contributed by atoms with E-state index in [9.17, 15) is 8.42 Å². The largest absolute Gasteiger partial charge is 0.497 e. The normalized spacial score (nSPS) is 12.3. The summed E-state index contributed by atoms with van der Waals surface area (Å²) in [7, 11) is -2.68. The molecule has 1 atom stereocenters. The molecule has 3 N–H and O–H groups in total. The van der Waals surface area contributed by atoms with E-state index in [0.717, 1.165) is 27.6 Å². The molecule has 9 nitrogen and oxygen atoms in total. The van der Waals surface area contributed by atoms with E-state index in [1.54, 1.807) is 48.9 Å². The Morgan fingerprint density at radius 2 is 1.97 bits per heavy atom. The molecule has 0 spiro atoms. The Bertz CT molecular complexity index is 1350. The van der Waals surface area contributed by atoms with Gasteiger partial charge in [-0.3, -0.25) is 9.27 Å². The van der Waals surface area contributed by atoms with Gasteiger partial charge in [0.15, 0.2) is 0 Å². The van der Waals surface area contributed by atoms with Gasteiger partial charge in [-0.25, -0.2) is 9.97 Å². The smallest absolute Gasteiger partial charge is 0.357 e. The SMILES string of the molecule is COc1cccc(Cc2cnc(NC(Cc3ccc(NS(=O)(=O)O)cc3)c3csc(C)n3)o2)c1. The molecule has 0 aliphatic carbocycles. The van der Waals surface area contributed by atoms with Gasteiger partial charge in [-0.05, 0) is 48.7 Å². The summed E-state index contributed by atoms with van der Waals surface area (Å²) in [6, 6.07) is 14.7. The van der Waals surface area contributed by atoms with E-state index >= 15 is 0 Å². The second-order valence-electron chi connectivity index (χ2n) is 7.63. The van der Waals surface area contributed by atoms with Gasteiger partial charge in [-0.2, -0.15) is 8.42 Å². The Kier molecular flexibility index (Phi) is 7.15. The summed E-state index contributed by atoms with van der Waals surface area (Å²) in [5.41, 5.74) is 3.12. The van der Waals surface area contributed by atoms with Crippen molar-refractivity contribution in [2.75, 3.05) is 17.1 Å². The van der Waals surface area contributed by atoms with E-state index in [0.29, 0.717) is 24.6 Å². The first-order chi connectivity index (χ1) is 16.3. The lowest BCUT2D eigenvalue weighted by Gasteiger charge is -2.16. The maximum absolute atomic E-state index is 11.0. The van der Waals surface area contributed by atoms with Gasteiger partial charge in [0.1, 0.15) is 11.5 Å². The first-order valence-electron chi connectivity index (χ1n) is 10.4. The summed E-state index contributed by atoms with van der Waals surface area (Å²) in [6.45, 7) is 1.94. The van der Waals surface area contributed by atoms with Gasteiger partial charge < -0.3 is 14.5 Å². The van der Waals surface area contributed by atoms with Crippen molar-refractivity contribution in [3.05, 3.63) is 87.7 Å². The van der Waals surface area contributed by atoms with Crippen LogP contribution in [0.4, 0.5) is 11.7 Å². The number of oxazole rings is 1. The summed E-state index contributed by atoms with van der Waals surface area (Å²) < 4.78 is 44.2. The molecule has 4 aromatic rings. The Morgan fingerprint density at radius 3 is 2.65 bits per heavy atom. The number of nitrogens with one attached hydrogen (secondary N) is 2. The lowest BCUT2D eigenvalue weighted by molar-refractivity contribution is 0.414. The van der Waals surface area contributed by atoms with Crippen molar-refractivity contribution in [1.29, 1.82) is 0 Å². The molecule has 11 heteroatoms. The number of anilines is 2. The van der Waals surface area contributed by atoms with Crippen molar-refractivity contribution in [1.82, 2.24) is 9.97 Å². The quantitative estimate of drug-likeness (QED) is 0.269. The fraction of sp³-hybridized carbons (Fsp3) is 0.217. The van der Waals surface area contributed by atoms with Crippen molar-refractivity contribution in [2.45, 2.75) is 25.8 Å². The highest BCUT2D eigenvalue weighted by atomic mass is 32.2. The van der Waals surface area contributed by atoms with Crippen LogP contribution in [0.2, 0.25) is 0 Å². The zero-order chi connectivity index (χ0) is 24.1. The third-order valence-electron chi connectivity index (χ3n) is 5.00. The molecular weight excluding hydrogens is 476 g/mol. The molecule has 0 amide bonds. The van der Waals surface area contributed by atoms with Gasteiger partial charge in [0, 0.05) is 11.8 Å². The predicted octanol–water partition coefficient (Wildman–Crippen LogP) is 4.65. The van der Waals surface area contributed by atoms with Gasteiger partial charge in [0.2, 0.25) is 0 Å². The monoisotopic (exact) mass is 500 g/mol. The van der Waals surface area contributed by atoms with Crippen LogP contribution in [0.1, 0.15) is 33.6 Å². The molecule has 1 unspecified atom stereocenters. The van der Waals surface area contributed by atoms with E-state index < -0.39 is 10.3 Å². The molecule has 0 saturated carbocycles. The Labute approximate surface area is 201 Å². The lowest BCUT2D eigenvalue weighted by Crippen LogP contribution is -2.15. The van der Waals surface area contributed by atoms with Gasteiger partial charge >= 0.3 is 10.3 Å². The van der Waals surface area contributed by atoms with Crippen LogP contribution in [0.3, 0.4) is 0 Å². The summed E-state index contributed by atoms with van der Waals surface area (Å²) >= 11 is 1.55. The molecule has 2 aromatic carbocycles. The van der Waals surface area contributed by atoms with Crippen molar-refractivity contribution in [3.63, 3.8) is 0 Å². The fourth-order valence-electron chi connectivity index (χ4n) is 3.45. The molecule has 0 radical (unpaired) electrons. The standard InChI is InChI=1S/C23H24N4O5S2/c1-15-25-22(14-33-15)21(12-16-6-8-18(9-7-16)27-34(28,29)30)26-23-24-13-20(32-23)11-17-4-3-5-19(10-17)31-2/h3-10,13-14,21,27H,11-12H2,1-2H3,(H,24,26)(H,28,29,30). The molecular formula is C23H24N4O5S2. The molecule has 4 rings (SSSR count). The van der Waals surface area contributed by atoms with Crippen molar-refractivity contribution < 1.29 is 22.1 Å². The van der Waals surface area contributed by atoms with Crippen molar-refractivity contribution in [2.24, 2.45) is 0 Å². The number of hydrogen-bond donors (Lipinski definition) is 3. The van der Waals surface area contributed by atoms with E-state index in [4.69, 9.17) is 13.7 Å². The van der Waals surface area contributed by atoms with Crippen LogP contribution >= 0.6 is 11.3 Å². The topological polar surface area (TPSA) is 127 Å². The highest BCUT2D eigenvalue weighted by Crippen LogP contribution is 2.26. The summed E-state index contributed by atoms with van der Waals surface area (Å²) in [5, 5.41) is 6.26. The third-order valence-corrected chi connectivity index (χ3v) is 6.28. The number of thiazole rings is 1. The Hall–Kier alpha value is -3.41. The molecule has 2 aromatic heterocycles. The molecule has 0 aliphatic rings. The van der Waals surface area contributed by atoms with E-state index in [2.05, 4.69) is 15.3 Å². The summed E-state index contributed by atoms with van der Waals surface area (Å²) in [6.07, 6.45) is 2.83. The van der Waals surface area contributed by atoms with Crippen LogP contribution in [-0.2, 0) is 23.1 Å². The second kappa shape index (κ2) is 10.2. The maximum Gasteiger partial charge on any atom is 0.357 e. The van der Waals surface area contributed by atoms with Crippen LogP contribution in [-0.4, -0.2) is 30.0 Å². The number of ether oxygens (including phenoxy) is 1. The van der Waals surface area contributed by atoms with Gasteiger partial charge in [-0.1, -0.05) is 24.3 Å². The third kappa shape index (κ3) is 6.56. The first-order valence-corrected chi connectivity index (χ1v) is 12.7. The van der Waals surface area contributed by atoms with Crippen LogP contribution in [0.5, 0.6) is 5.75 Å². The Balaban J connectivity index is 1.49. The van der Waals surface area contributed by atoms with E-state index in [1.165, 1.54) is 0 Å². The van der Waals surface area contributed by atoms with E-state index in [-0.39, 0.29) is 11.7 Å². The summed E-state index contributed by atoms with van der Waals surface area (Å²) in [4.78, 5) is 9.00. The van der Waals surface area contributed by atoms with Gasteiger partial charge in [0.25, 0.3) is 6.01 Å². The molecule has 0 aliphatic heterocycles. The number of aromatic nitrogens is 2. The van der Waals surface area contributed by atoms with Crippen LogP contribution < -0.4 is 14.8 Å². The predicted molar refractivity (Wildman–Crippen MR) is 131 cm³/mol. The zero-order valence-electron chi connectivity index (χ0n) is 18.6. The minimum Gasteiger partial charge on any atom is -0.497 e. The number of methoxy groups -OCH3 is 1. The van der Waals surface area contributed by atoms with Crippen LogP contribution in [0.25, 0.3) is 0 Å². The average molecular weight is 501 g/mol. The van der Waals surface area contributed by atoms with Gasteiger partial charge in [0.05, 0.1) is 35.7 Å². The fourth-order valence-corrected chi connectivity index (χ4v) is 4.55. The molecule has 0 saturated heterocycles. The lowest BCUT2D eigenvalue weighted by atomic mass is 10.0. The number of rotatable bonds is 10. The summed E-state index contributed by atoms with van der Waals surface area (Å²) in [5.74, 6) is 1.50. The zero-order valence-corrected chi connectivity index (χ0v) is 20.2. The van der Waals surface area contributed by atoms with E-state index in [1.807, 2.05) is 41.3 Å². The minimum atomic E-state index is -4.32. The first kappa shape index (κ1) is 23.7. The minimum absolute atomic E-state index is 0.214. The van der Waals surface area contributed by atoms with Crippen molar-refractivity contribution >= 4 is 33.3 Å². The highest BCUT2D eigenvalue weighted by Gasteiger charge is 2.18. The maximum atomic E-state index is 11.0.